The van der Waals surface area contributed by atoms with Gasteiger partial charge < -0.3 is 15.2 Å². The van der Waals surface area contributed by atoms with Crippen molar-refractivity contribution in [2.45, 2.75) is 13.3 Å². The maximum absolute atomic E-state index is 9.42. The number of hydrogen-bond donors (Lipinski definition) is 3. The number of imidazole rings is 1. The van der Waals surface area contributed by atoms with Gasteiger partial charge in [-0.2, -0.15) is 0 Å². The summed E-state index contributed by atoms with van der Waals surface area (Å²) in [6.07, 6.45) is 0.744. The highest BCUT2D eigenvalue weighted by molar-refractivity contribution is 5.86. The summed E-state index contributed by atoms with van der Waals surface area (Å²) in [6.45, 7) is 1.95. The van der Waals surface area contributed by atoms with Gasteiger partial charge in [-0.1, -0.05) is 6.92 Å². The highest BCUT2D eigenvalue weighted by Gasteiger charge is 2.08. The normalized spacial score (nSPS) is 10.8. The van der Waals surface area contributed by atoms with Crippen LogP contribution in [0.25, 0.3) is 11.0 Å². The van der Waals surface area contributed by atoms with Crippen LogP contribution in [0.5, 0.6) is 11.5 Å². The minimum absolute atomic E-state index is 0.0868. The molecule has 0 bridgehead atoms. The average molecular weight is 178 g/mol. The summed E-state index contributed by atoms with van der Waals surface area (Å²) in [5, 5.41) is 18.8. The Labute approximate surface area is 74.9 Å². The summed E-state index contributed by atoms with van der Waals surface area (Å²) in [4.78, 5) is 7.06. The van der Waals surface area contributed by atoms with Gasteiger partial charge in [0.05, 0.1) is 0 Å². The van der Waals surface area contributed by atoms with Crippen LogP contribution in [0, 0.1) is 0 Å². The molecule has 1 heterocycles. The van der Waals surface area contributed by atoms with Crippen LogP contribution in [-0.2, 0) is 6.42 Å². The summed E-state index contributed by atoms with van der Waals surface area (Å²) < 4.78 is 0. The molecule has 1 aromatic heterocycles. The van der Waals surface area contributed by atoms with Gasteiger partial charge in [-0.3, -0.25) is 0 Å². The van der Waals surface area contributed by atoms with Crippen LogP contribution in [0.2, 0.25) is 0 Å². The lowest BCUT2D eigenvalue weighted by atomic mass is 10.3. The molecular weight excluding hydrogens is 168 g/mol. The smallest absolute Gasteiger partial charge is 0.143 e. The van der Waals surface area contributed by atoms with Crippen LogP contribution in [0.15, 0.2) is 12.1 Å². The zero-order valence-corrected chi connectivity index (χ0v) is 7.20. The van der Waals surface area contributed by atoms with E-state index in [4.69, 9.17) is 0 Å². The van der Waals surface area contributed by atoms with Gasteiger partial charge in [-0.15, -0.1) is 0 Å². The van der Waals surface area contributed by atoms with E-state index in [1.165, 1.54) is 12.1 Å². The number of aromatic amines is 1. The number of phenols is 2. The summed E-state index contributed by atoms with van der Waals surface area (Å²) in [5.74, 6) is 0.954. The molecule has 3 N–H and O–H groups in total. The zero-order chi connectivity index (χ0) is 9.42. The third-order valence-electron chi connectivity index (χ3n) is 1.99. The molecule has 4 heteroatoms. The molecule has 0 aliphatic carbocycles. The van der Waals surface area contributed by atoms with E-state index in [9.17, 15) is 10.2 Å². The fraction of sp³-hybridized carbons (Fsp3) is 0.222. The van der Waals surface area contributed by atoms with Gasteiger partial charge >= 0.3 is 0 Å². The number of benzene rings is 1. The number of aromatic hydroxyl groups is 2. The number of aromatic nitrogens is 2. The van der Waals surface area contributed by atoms with Gasteiger partial charge in [-0.05, 0) is 12.1 Å². The van der Waals surface area contributed by atoms with Gasteiger partial charge in [-0.25, -0.2) is 4.98 Å². The second-order valence-electron chi connectivity index (χ2n) is 2.86. The number of phenolic OH excluding ortho intramolecular Hbond substituents is 2. The highest BCUT2D eigenvalue weighted by Crippen LogP contribution is 2.29. The molecule has 0 atom stereocenters. The molecule has 4 nitrogen and oxygen atoms in total. The van der Waals surface area contributed by atoms with Crippen LogP contribution < -0.4 is 0 Å². The minimum atomic E-state index is 0.0868. The molecule has 68 valence electrons. The summed E-state index contributed by atoms with van der Waals surface area (Å²) in [6, 6.07) is 2.87. The van der Waals surface area contributed by atoms with Crippen LogP contribution in [-0.4, -0.2) is 20.2 Å². The first-order valence-electron chi connectivity index (χ1n) is 4.12. The Morgan fingerprint density at radius 1 is 1.31 bits per heavy atom. The van der Waals surface area contributed by atoms with Crippen molar-refractivity contribution in [3.05, 3.63) is 18.0 Å². The van der Waals surface area contributed by atoms with Crippen molar-refractivity contribution in [3.8, 4) is 11.5 Å². The number of nitrogens with zero attached hydrogens (tertiary/aromatic N) is 1. The number of nitrogens with one attached hydrogen (secondary N) is 1. The Morgan fingerprint density at radius 3 is 2.62 bits per heavy atom. The Balaban J connectivity index is 2.80. The van der Waals surface area contributed by atoms with Crippen LogP contribution in [0.4, 0.5) is 0 Å². The van der Waals surface area contributed by atoms with E-state index in [0.29, 0.717) is 11.0 Å². The van der Waals surface area contributed by atoms with Crippen molar-refractivity contribution in [2.24, 2.45) is 0 Å². The Morgan fingerprint density at radius 2 is 2.00 bits per heavy atom. The Kier molecular flexibility index (Phi) is 1.62. The topological polar surface area (TPSA) is 69.1 Å². The molecular formula is C9H10N2O2. The zero-order valence-electron chi connectivity index (χ0n) is 7.20. The van der Waals surface area contributed by atoms with Crippen LogP contribution in [0.1, 0.15) is 12.7 Å². The average Bonchev–Trinajstić information content (AvgIpc) is 2.56. The van der Waals surface area contributed by atoms with E-state index < -0.39 is 0 Å². The molecule has 0 saturated heterocycles. The second kappa shape index (κ2) is 2.65. The first-order chi connectivity index (χ1) is 6.22. The maximum atomic E-state index is 9.42. The Bertz CT molecular complexity index is 409. The van der Waals surface area contributed by atoms with Crippen molar-refractivity contribution < 1.29 is 10.2 Å². The van der Waals surface area contributed by atoms with E-state index in [0.717, 1.165) is 12.2 Å². The van der Waals surface area contributed by atoms with E-state index in [1.807, 2.05) is 6.92 Å². The third kappa shape index (κ3) is 1.11. The van der Waals surface area contributed by atoms with Crippen molar-refractivity contribution >= 4 is 11.0 Å². The van der Waals surface area contributed by atoms with Gasteiger partial charge in [0.1, 0.15) is 28.4 Å². The molecule has 13 heavy (non-hydrogen) atoms. The summed E-state index contributed by atoms with van der Waals surface area (Å²) in [5.41, 5.74) is 0.925. The molecule has 0 spiro atoms. The lowest BCUT2D eigenvalue weighted by molar-refractivity contribution is 0.468. The SMILES string of the molecule is CCc1nc2c(O)ccc(O)c2[nH]1. The molecule has 0 amide bonds. The summed E-state index contributed by atoms with van der Waals surface area (Å²) >= 11 is 0. The molecule has 0 fully saturated rings. The van der Waals surface area contributed by atoms with Crippen LogP contribution >= 0.6 is 0 Å². The van der Waals surface area contributed by atoms with E-state index >= 15 is 0 Å². The van der Waals surface area contributed by atoms with Crippen molar-refractivity contribution in [3.63, 3.8) is 0 Å². The number of fused-ring (bicyclic) bond motifs is 1. The molecule has 2 aromatic rings. The second-order valence-corrected chi connectivity index (χ2v) is 2.86. The number of rotatable bonds is 1. The van der Waals surface area contributed by atoms with Crippen LogP contribution in [0.3, 0.4) is 0 Å². The van der Waals surface area contributed by atoms with E-state index in [2.05, 4.69) is 9.97 Å². The fourth-order valence-corrected chi connectivity index (χ4v) is 1.28. The molecule has 2 rings (SSSR count). The molecule has 0 aliphatic heterocycles. The lowest BCUT2D eigenvalue weighted by Gasteiger charge is -1.94. The number of hydrogen-bond acceptors (Lipinski definition) is 3. The largest absolute Gasteiger partial charge is 0.506 e. The molecule has 0 unspecified atom stereocenters. The van der Waals surface area contributed by atoms with Gasteiger partial charge in [0.15, 0.2) is 0 Å². The predicted octanol–water partition coefficient (Wildman–Crippen LogP) is 1.54. The van der Waals surface area contributed by atoms with Crippen molar-refractivity contribution in [1.29, 1.82) is 0 Å². The van der Waals surface area contributed by atoms with Gasteiger partial charge in [0, 0.05) is 6.42 Å². The standard InChI is InChI=1S/C9H10N2O2/c1-2-7-10-8-5(12)3-4-6(13)9(8)11-7/h3-4,12-13H,2H2,1H3,(H,10,11). The number of aryl methyl sites for hydroxylation is 1. The highest BCUT2D eigenvalue weighted by atomic mass is 16.3. The quantitative estimate of drug-likeness (QED) is 0.580. The maximum Gasteiger partial charge on any atom is 0.143 e. The van der Waals surface area contributed by atoms with E-state index in [-0.39, 0.29) is 11.5 Å². The van der Waals surface area contributed by atoms with Gasteiger partial charge in [0.25, 0.3) is 0 Å². The first-order valence-corrected chi connectivity index (χ1v) is 4.12. The minimum Gasteiger partial charge on any atom is -0.506 e. The fourth-order valence-electron chi connectivity index (χ4n) is 1.28. The van der Waals surface area contributed by atoms with Crippen molar-refractivity contribution in [1.82, 2.24) is 9.97 Å². The predicted molar refractivity (Wildman–Crippen MR) is 48.8 cm³/mol. The van der Waals surface area contributed by atoms with Crippen molar-refractivity contribution in [2.75, 3.05) is 0 Å². The molecule has 0 saturated carbocycles. The first kappa shape index (κ1) is 7.91. The number of H-pyrrole nitrogens is 1. The molecule has 0 aliphatic rings. The molecule has 0 radical (unpaired) electrons. The van der Waals surface area contributed by atoms with E-state index in [1.54, 1.807) is 0 Å². The molecule has 1 aromatic carbocycles. The Hall–Kier alpha value is -1.71. The summed E-state index contributed by atoms with van der Waals surface area (Å²) in [7, 11) is 0. The third-order valence-corrected chi connectivity index (χ3v) is 1.99. The monoisotopic (exact) mass is 178 g/mol. The lowest BCUT2D eigenvalue weighted by Crippen LogP contribution is -1.79. The van der Waals surface area contributed by atoms with Gasteiger partial charge in [0.2, 0.25) is 0 Å².